The predicted molar refractivity (Wildman–Crippen MR) is 104 cm³/mol. The number of hydrogen-bond acceptors (Lipinski definition) is 6. The van der Waals surface area contributed by atoms with Gasteiger partial charge in [-0.3, -0.25) is 9.89 Å². The van der Waals surface area contributed by atoms with E-state index < -0.39 is 0 Å². The lowest BCUT2D eigenvalue weighted by molar-refractivity contribution is 0.0763. The van der Waals surface area contributed by atoms with Crippen LogP contribution in [0.1, 0.15) is 56.0 Å². The van der Waals surface area contributed by atoms with E-state index in [1.165, 1.54) is 6.42 Å². The van der Waals surface area contributed by atoms with Crippen molar-refractivity contribution in [1.29, 1.82) is 0 Å². The summed E-state index contributed by atoms with van der Waals surface area (Å²) in [7, 11) is 0. The number of aromatic nitrogens is 4. The number of aromatic amines is 2. The highest BCUT2D eigenvalue weighted by Crippen LogP contribution is 2.39. The molecular weight excluding hydrogens is 344 g/mol. The first-order valence-corrected chi connectivity index (χ1v) is 9.99. The maximum atomic E-state index is 11.2. The van der Waals surface area contributed by atoms with E-state index in [0.717, 1.165) is 61.8 Å². The van der Waals surface area contributed by atoms with E-state index in [1.54, 1.807) is 6.07 Å². The average Bonchev–Trinajstić information content (AvgIpc) is 3.44. The normalized spacial score (nSPS) is 22.6. The first-order valence-electron chi connectivity index (χ1n) is 9.99. The Morgan fingerprint density at radius 1 is 1.04 bits per heavy atom. The summed E-state index contributed by atoms with van der Waals surface area (Å²) in [5.74, 6) is 3.27. The summed E-state index contributed by atoms with van der Waals surface area (Å²) >= 11 is 0. The molecule has 27 heavy (non-hydrogen) atoms. The summed E-state index contributed by atoms with van der Waals surface area (Å²) < 4.78 is 0. The van der Waals surface area contributed by atoms with Crippen molar-refractivity contribution in [2.24, 2.45) is 5.92 Å². The van der Waals surface area contributed by atoms with Gasteiger partial charge in [-0.1, -0.05) is 12.8 Å². The molecule has 0 spiro atoms. The Kier molecular flexibility index (Phi) is 5.42. The Balaban J connectivity index is 1.38. The molecule has 2 saturated carbocycles. The Labute approximate surface area is 158 Å². The lowest BCUT2D eigenvalue weighted by Gasteiger charge is -2.27. The monoisotopic (exact) mass is 372 g/mol. The molecule has 8 nitrogen and oxygen atoms in total. The highest BCUT2D eigenvalue weighted by molar-refractivity contribution is 5.48. The number of nitrogens with zero attached hydrogens (tertiary/aromatic N) is 2. The number of anilines is 2. The van der Waals surface area contributed by atoms with Crippen molar-refractivity contribution in [2.45, 2.75) is 57.0 Å². The fourth-order valence-corrected chi connectivity index (χ4v) is 3.67. The Morgan fingerprint density at radius 2 is 1.81 bits per heavy atom. The number of aliphatic hydroxyl groups is 1. The number of aliphatic hydroxyl groups excluding tert-OH is 1. The van der Waals surface area contributed by atoms with Crippen LogP contribution < -0.4 is 16.2 Å². The molecule has 2 aromatic rings. The van der Waals surface area contributed by atoms with Crippen molar-refractivity contribution in [3.63, 3.8) is 0 Å². The second-order valence-corrected chi connectivity index (χ2v) is 7.72. The second kappa shape index (κ2) is 8.12. The van der Waals surface area contributed by atoms with Crippen molar-refractivity contribution in [3.05, 3.63) is 34.0 Å². The molecule has 2 unspecified atom stereocenters. The minimum atomic E-state index is -0.211. The third-order valence-electron chi connectivity index (χ3n) is 5.45. The van der Waals surface area contributed by atoms with Crippen LogP contribution in [0, 0.1) is 5.92 Å². The van der Waals surface area contributed by atoms with Crippen LogP contribution in [0.5, 0.6) is 0 Å². The maximum absolute atomic E-state index is 11.2. The van der Waals surface area contributed by atoms with E-state index in [-0.39, 0.29) is 11.7 Å². The van der Waals surface area contributed by atoms with Crippen molar-refractivity contribution in [2.75, 3.05) is 23.7 Å². The van der Waals surface area contributed by atoms with Gasteiger partial charge < -0.3 is 20.8 Å². The fourth-order valence-electron chi connectivity index (χ4n) is 3.67. The summed E-state index contributed by atoms with van der Waals surface area (Å²) in [5, 5.41) is 22.3. The molecule has 2 aliphatic rings. The molecule has 5 N–H and O–H groups in total. The van der Waals surface area contributed by atoms with Crippen molar-refractivity contribution < 1.29 is 5.11 Å². The molecule has 0 aliphatic heterocycles. The van der Waals surface area contributed by atoms with Gasteiger partial charge in [0.15, 0.2) is 0 Å². The third-order valence-corrected chi connectivity index (χ3v) is 5.45. The van der Waals surface area contributed by atoms with Crippen LogP contribution in [0.25, 0.3) is 0 Å². The van der Waals surface area contributed by atoms with Gasteiger partial charge in [0.25, 0.3) is 5.56 Å². The lowest BCUT2D eigenvalue weighted by atomic mass is 9.86. The molecule has 0 saturated heterocycles. The van der Waals surface area contributed by atoms with E-state index in [1.807, 2.05) is 6.07 Å². The molecule has 2 atom stereocenters. The smallest absolute Gasteiger partial charge is 0.264 e. The molecule has 4 rings (SSSR count). The van der Waals surface area contributed by atoms with Crippen LogP contribution in [0.3, 0.4) is 0 Å². The Hall–Kier alpha value is -2.35. The average molecular weight is 372 g/mol. The summed E-state index contributed by atoms with van der Waals surface area (Å²) in [6.07, 6.45) is 7.07. The minimum Gasteiger partial charge on any atom is -0.393 e. The molecular formula is C19H28N6O2. The van der Waals surface area contributed by atoms with E-state index in [2.05, 4.69) is 30.8 Å². The molecule has 2 fully saturated rings. The first-order chi connectivity index (χ1) is 13.2. The van der Waals surface area contributed by atoms with Crippen LogP contribution in [0.15, 0.2) is 16.9 Å². The van der Waals surface area contributed by atoms with Crippen LogP contribution in [0.2, 0.25) is 0 Å². The zero-order valence-electron chi connectivity index (χ0n) is 15.5. The SMILES string of the molecule is O=c1cc(CCNc2cc(NCC3CCCCC3O)nc(C3CC3)n2)[nH][nH]1. The van der Waals surface area contributed by atoms with Crippen molar-refractivity contribution in [1.82, 2.24) is 20.2 Å². The van der Waals surface area contributed by atoms with Crippen LogP contribution in [-0.4, -0.2) is 44.5 Å². The van der Waals surface area contributed by atoms with Gasteiger partial charge in [-0.05, 0) is 25.7 Å². The van der Waals surface area contributed by atoms with Gasteiger partial charge in [0.05, 0.1) is 6.10 Å². The van der Waals surface area contributed by atoms with Gasteiger partial charge in [-0.15, -0.1) is 0 Å². The second-order valence-electron chi connectivity index (χ2n) is 7.72. The third kappa shape index (κ3) is 4.88. The molecule has 0 amide bonds. The summed E-state index contributed by atoms with van der Waals surface area (Å²) in [5.41, 5.74) is 0.757. The number of nitrogens with one attached hydrogen (secondary N) is 4. The molecule has 0 bridgehead atoms. The quantitative estimate of drug-likeness (QED) is 0.483. The summed E-state index contributed by atoms with van der Waals surface area (Å²) in [4.78, 5) is 20.5. The molecule has 0 aromatic carbocycles. The van der Waals surface area contributed by atoms with E-state index in [4.69, 9.17) is 0 Å². The van der Waals surface area contributed by atoms with Crippen LogP contribution >= 0.6 is 0 Å². The number of rotatable bonds is 8. The molecule has 2 aromatic heterocycles. The first kappa shape index (κ1) is 18.0. The molecule has 8 heteroatoms. The molecule has 146 valence electrons. The highest BCUT2D eigenvalue weighted by Gasteiger charge is 2.28. The molecule has 2 aliphatic carbocycles. The largest absolute Gasteiger partial charge is 0.393 e. The van der Waals surface area contributed by atoms with Gasteiger partial charge in [0.2, 0.25) is 0 Å². The van der Waals surface area contributed by atoms with E-state index in [9.17, 15) is 9.90 Å². The zero-order valence-corrected chi connectivity index (χ0v) is 15.5. The van der Waals surface area contributed by atoms with Gasteiger partial charge in [0.1, 0.15) is 17.5 Å². The van der Waals surface area contributed by atoms with E-state index in [0.29, 0.717) is 24.8 Å². The van der Waals surface area contributed by atoms with Crippen molar-refractivity contribution in [3.8, 4) is 0 Å². The van der Waals surface area contributed by atoms with Gasteiger partial charge in [-0.2, -0.15) is 0 Å². The summed E-state index contributed by atoms with van der Waals surface area (Å²) in [6, 6.07) is 3.50. The minimum absolute atomic E-state index is 0.112. The van der Waals surface area contributed by atoms with Crippen LogP contribution in [-0.2, 0) is 6.42 Å². The van der Waals surface area contributed by atoms with Gasteiger partial charge >= 0.3 is 0 Å². The van der Waals surface area contributed by atoms with E-state index >= 15 is 0 Å². The van der Waals surface area contributed by atoms with Gasteiger partial charge in [0, 0.05) is 49.2 Å². The summed E-state index contributed by atoms with van der Waals surface area (Å²) in [6.45, 7) is 1.42. The fraction of sp³-hybridized carbons (Fsp3) is 0.632. The maximum Gasteiger partial charge on any atom is 0.264 e. The highest BCUT2D eigenvalue weighted by atomic mass is 16.3. The number of hydrogen-bond donors (Lipinski definition) is 5. The molecule has 2 heterocycles. The Bertz CT molecular complexity index is 813. The molecule has 0 radical (unpaired) electrons. The topological polar surface area (TPSA) is 119 Å². The zero-order chi connectivity index (χ0) is 18.6. The van der Waals surface area contributed by atoms with Gasteiger partial charge in [-0.25, -0.2) is 9.97 Å². The lowest BCUT2D eigenvalue weighted by Crippen LogP contribution is -2.30. The predicted octanol–water partition coefficient (Wildman–Crippen LogP) is 1.99. The van der Waals surface area contributed by atoms with Crippen molar-refractivity contribution >= 4 is 11.6 Å². The number of H-pyrrole nitrogens is 2. The Morgan fingerprint density at radius 3 is 2.52 bits per heavy atom. The van der Waals surface area contributed by atoms with Crippen LogP contribution in [0.4, 0.5) is 11.6 Å². The standard InChI is InChI=1S/C19H28N6O2/c26-15-4-2-1-3-13(15)11-21-17-10-16(22-19(23-17)12-5-6-12)20-8-7-14-9-18(27)25-24-14/h9-10,12-13,15,26H,1-8,11H2,(H2,24,25,27)(H2,20,21,22,23).